The third kappa shape index (κ3) is 5.07. The van der Waals surface area contributed by atoms with E-state index in [9.17, 15) is 23.1 Å². The van der Waals surface area contributed by atoms with Gasteiger partial charge in [-0.25, -0.2) is 0 Å². The second kappa shape index (κ2) is 9.36. The van der Waals surface area contributed by atoms with Gasteiger partial charge < -0.3 is 14.6 Å². The number of alkyl halides is 3. The highest BCUT2D eigenvalue weighted by molar-refractivity contribution is 6.31. The Hall–Kier alpha value is -2.45. The molecule has 0 spiro atoms. The molecule has 1 heterocycles. The lowest BCUT2D eigenvalue weighted by atomic mass is 9.90. The summed E-state index contributed by atoms with van der Waals surface area (Å²) in [5.74, 6) is -0.588. The standard InChI is InChI=1S/C22H23ClF3NO4/c1-30-18-8-6-14(11-19(18)31-2)20(27-9-3-4-15(12-27)21(28)29)13-5-7-17(23)16(10-13)22(24,25)26/h5-8,10-11,15,20H,3-4,9,12H2,1-2H3,(H,28,29). The van der Waals surface area contributed by atoms with Crippen LogP contribution in [0.15, 0.2) is 36.4 Å². The fraction of sp³-hybridized carbons (Fsp3) is 0.409. The summed E-state index contributed by atoms with van der Waals surface area (Å²) in [6.07, 6.45) is -3.46. The van der Waals surface area contributed by atoms with Gasteiger partial charge in [0, 0.05) is 6.54 Å². The van der Waals surface area contributed by atoms with Crippen LogP contribution in [0, 0.1) is 5.92 Å². The van der Waals surface area contributed by atoms with E-state index < -0.39 is 29.7 Å². The Morgan fingerprint density at radius 1 is 1.13 bits per heavy atom. The van der Waals surface area contributed by atoms with Gasteiger partial charge in [0.1, 0.15) is 0 Å². The highest BCUT2D eigenvalue weighted by Crippen LogP contribution is 2.41. The third-order valence-corrected chi connectivity index (χ3v) is 5.83. The van der Waals surface area contributed by atoms with E-state index in [0.29, 0.717) is 42.0 Å². The molecular weight excluding hydrogens is 435 g/mol. The van der Waals surface area contributed by atoms with Gasteiger partial charge in [-0.15, -0.1) is 0 Å². The topological polar surface area (TPSA) is 59.0 Å². The van der Waals surface area contributed by atoms with Crippen molar-refractivity contribution in [2.24, 2.45) is 5.92 Å². The normalized spacial score (nSPS) is 18.5. The molecule has 1 aliphatic heterocycles. The van der Waals surface area contributed by atoms with E-state index in [1.165, 1.54) is 20.3 Å². The van der Waals surface area contributed by atoms with Crippen LogP contribution in [-0.2, 0) is 11.0 Å². The molecule has 9 heteroatoms. The van der Waals surface area contributed by atoms with Crippen molar-refractivity contribution in [1.29, 1.82) is 0 Å². The highest BCUT2D eigenvalue weighted by atomic mass is 35.5. The number of ether oxygens (including phenoxy) is 2. The van der Waals surface area contributed by atoms with Crippen LogP contribution in [0.25, 0.3) is 0 Å². The Labute approximate surface area is 183 Å². The molecule has 0 amide bonds. The van der Waals surface area contributed by atoms with Crippen LogP contribution in [0.5, 0.6) is 11.5 Å². The minimum Gasteiger partial charge on any atom is -0.493 e. The maximum atomic E-state index is 13.5. The summed E-state index contributed by atoms with van der Waals surface area (Å²) in [4.78, 5) is 13.5. The van der Waals surface area contributed by atoms with Crippen LogP contribution in [-0.4, -0.2) is 43.3 Å². The van der Waals surface area contributed by atoms with E-state index in [4.69, 9.17) is 21.1 Å². The average molecular weight is 458 g/mol. The Bertz CT molecular complexity index is 951. The van der Waals surface area contributed by atoms with Crippen molar-refractivity contribution in [1.82, 2.24) is 4.90 Å². The van der Waals surface area contributed by atoms with Gasteiger partial charge in [-0.3, -0.25) is 9.69 Å². The minimum atomic E-state index is -4.61. The largest absolute Gasteiger partial charge is 0.493 e. The van der Waals surface area contributed by atoms with E-state index in [1.54, 1.807) is 24.3 Å². The van der Waals surface area contributed by atoms with Gasteiger partial charge >= 0.3 is 12.1 Å². The molecule has 0 radical (unpaired) electrons. The smallest absolute Gasteiger partial charge is 0.417 e. The number of piperidine rings is 1. The highest BCUT2D eigenvalue weighted by Gasteiger charge is 2.36. The van der Waals surface area contributed by atoms with Gasteiger partial charge in [0.25, 0.3) is 0 Å². The number of halogens is 4. The van der Waals surface area contributed by atoms with Crippen LogP contribution in [0.3, 0.4) is 0 Å². The Balaban J connectivity index is 2.13. The summed E-state index contributed by atoms with van der Waals surface area (Å²) < 4.78 is 51.2. The first-order chi connectivity index (χ1) is 14.7. The van der Waals surface area contributed by atoms with Gasteiger partial charge in [0.2, 0.25) is 0 Å². The van der Waals surface area contributed by atoms with Crippen LogP contribution >= 0.6 is 11.6 Å². The zero-order valence-electron chi connectivity index (χ0n) is 17.1. The molecule has 0 saturated carbocycles. The monoisotopic (exact) mass is 457 g/mol. The number of aliphatic carboxylic acids is 1. The SMILES string of the molecule is COc1ccc(C(c2ccc(Cl)c(C(F)(F)F)c2)N2CCCC(C(=O)O)C2)cc1OC. The van der Waals surface area contributed by atoms with Gasteiger partial charge in [-0.1, -0.05) is 23.7 Å². The zero-order valence-corrected chi connectivity index (χ0v) is 17.8. The molecule has 0 bridgehead atoms. The second-order valence-electron chi connectivity index (χ2n) is 7.43. The molecule has 2 atom stereocenters. The first-order valence-electron chi connectivity index (χ1n) is 9.71. The number of nitrogens with zero attached hydrogens (tertiary/aromatic N) is 1. The molecule has 0 aromatic heterocycles. The van der Waals surface area contributed by atoms with E-state index in [-0.39, 0.29) is 11.6 Å². The number of carboxylic acid groups (broad SMARTS) is 1. The Kier molecular flexibility index (Phi) is 7.01. The minimum absolute atomic E-state index is 0.221. The van der Waals surface area contributed by atoms with Gasteiger partial charge in [-0.05, 0) is 54.8 Å². The number of carboxylic acids is 1. The summed E-state index contributed by atoms with van der Waals surface area (Å²) in [6, 6.07) is 8.33. The molecule has 5 nitrogen and oxygen atoms in total. The Morgan fingerprint density at radius 2 is 1.77 bits per heavy atom. The second-order valence-corrected chi connectivity index (χ2v) is 7.83. The Morgan fingerprint density at radius 3 is 2.39 bits per heavy atom. The fourth-order valence-electron chi connectivity index (χ4n) is 4.01. The van der Waals surface area contributed by atoms with E-state index in [2.05, 4.69) is 0 Å². The zero-order chi connectivity index (χ0) is 22.8. The maximum absolute atomic E-state index is 13.5. The van der Waals surface area contributed by atoms with Crippen LogP contribution < -0.4 is 9.47 Å². The lowest BCUT2D eigenvalue weighted by Gasteiger charge is -2.38. The molecule has 168 valence electrons. The first-order valence-corrected chi connectivity index (χ1v) is 10.1. The summed E-state index contributed by atoms with van der Waals surface area (Å²) in [7, 11) is 2.97. The van der Waals surface area contributed by atoms with Crippen molar-refractivity contribution in [3.63, 3.8) is 0 Å². The lowest BCUT2D eigenvalue weighted by molar-refractivity contribution is -0.143. The quantitative estimate of drug-likeness (QED) is 0.641. The number of benzene rings is 2. The molecule has 1 N–H and O–H groups in total. The molecular formula is C22H23ClF3NO4. The van der Waals surface area contributed by atoms with Crippen molar-refractivity contribution in [3.8, 4) is 11.5 Å². The molecule has 31 heavy (non-hydrogen) atoms. The van der Waals surface area contributed by atoms with E-state index in [1.807, 2.05) is 4.90 Å². The predicted molar refractivity (Wildman–Crippen MR) is 110 cm³/mol. The van der Waals surface area contributed by atoms with Gasteiger partial charge in [0.05, 0.1) is 36.8 Å². The van der Waals surface area contributed by atoms with Crippen molar-refractivity contribution in [3.05, 3.63) is 58.1 Å². The van der Waals surface area contributed by atoms with Crippen molar-refractivity contribution >= 4 is 17.6 Å². The van der Waals surface area contributed by atoms with Crippen molar-refractivity contribution < 1.29 is 32.5 Å². The molecule has 2 unspecified atom stereocenters. The molecule has 2 aromatic rings. The van der Waals surface area contributed by atoms with Gasteiger partial charge in [0.15, 0.2) is 11.5 Å². The lowest BCUT2D eigenvalue weighted by Crippen LogP contribution is -2.41. The number of methoxy groups -OCH3 is 2. The molecule has 1 aliphatic rings. The maximum Gasteiger partial charge on any atom is 0.417 e. The average Bonchev–Trinajstić information content (AvgIpc) is 2.74. The number of hydrogen-bond donors (Lipinski definition) is 1. The summed E-state index contributed by atoms with van der Waals surface area (Å²) in [6.45, 7) is 0.769. The van der Waals surface area contributed by atoms with Crippen LogP contribution in [0.4, 0.5) is 13.2 Å². The van der Waals surface area contributed by atoms with Crippen LogP contribution in [0.2, 0.25) is 5.02 Å². The molecule has 1 saturated heterocycles. The third-order valence-electron chi connectivity index (χ3n) is 5.50. The first kappa shape index (κ1) is 23.2. The van der Waals surface area contributed by atoms with Crippen LogP contribution in [0.1, 0.15) is 35.6 Å². The molecule has 0 aliphatic carbocycles. The van der Waals surface area contributed by atoms with Crippen molar-refractivity contribution in [2.75, 3.05) is 27.3 Å². The fourth-order valence-corrected chi connectivity index (χ4v) is 4.23. The number of rotatable bonds is 6. The number of hydrogen-bond acceptors (Lipinski definition) is 4. The van der Waals surface area contributed by atoms with Crippen molar-refractivity contribution in [2.45, 2.75) is 25.1 Å². The molecule has 3 rings (SSSR count). The summed E-state index contributed by atoms with van der Waals surface area (Å²) in [5, 5.41) is 9.10. The van der Waals surface area contributed by atoms with E-state index >= 15 is 0 Å². The van der Waals surface area contributed by atoms with Gasteiger partial charge in [-0.2, -0.15) is 13.2 Å². The summed E-state index contributed by atoms with van der Waals surface area (Å²) in [5.41, 5.74) is 0.109. The summed E-state index contributed by atoms with van der Waals surface area (Å²) >= 11 is 5.82. The number of likely N-dealkylation sites (tertiary alicyclic amines) is 1. The van der Waals surface area contributed by atoms with E-state index in [0.717, 1.165) is 6.07 Å². The molecule has 1 fully saturated rings. The number of carbonyl (C=O) groups is 1. The molecule has 2 aromatic carbocycles. The predicted octanol–water partition coefficient (Wildman–Crippen LogP) is 5.26.